The third-order valence-electron chi connectivity index (χ3n) is 6.66. The van der Waals surface area contributed by atoms with Crippen molar-refractivity contribution >= 4 is 59.5 Å². The fraction of sp³-hybridized carbons (Fsp3) is 0.0370. The molecule has 0 atom stereocenters. The Kier molecular flexibility index (Phi) is 3.94. The zero-order valence-electron chi connectivity index (χ0n) is 18.2. The van der Waals surface area contributed by atoms with Crippen molar-refractivity contribution in [3.05, 3.63) is 83.9 Å². The maximum absolute atomic E-state index is 13.6. The van der Waals surface area contributed by atoms with Crippen LogP contribution in [0.5, 0.6) is 5.75 Å². The summed E-state index contributed by atoms with van der Waals surface area (Å²) >= 11 is 1.43. The molecule has 0 aliphatic carbocycles. The fourth-order valence-electron chi connectivity index (χ4n) is 5.12. The van der Waals surface area contributed by atoms with E-state index in [9.17, 15) is 18.0 Å². The van der Waals surface area contributed by atoms with Crippen molar-refractivity contribution in [1.29, 1.82) is 0 Å². The first kappa shape index (κ1) is 20.4. The van der Waals surface area contributed by atoms with Crippen molar-refractivity contribution in [3.63, 3.8) is 0 Å². The van der Waals surface area contributed by atoms with Crippen LogP contribution in [0.4, 0.5) is 5.69 Å². The number of carbonyl (C=O) groups excluding carboxylic acids is 2. The first-order valence-electron chi connectivity index (χ1n) is 10.8. The Balaban J connectivity index is 1.42. The number of hydrogen-bond acceptors (Lipinski definition) is 6. The van der Waals surface area contributed by atoms with Gasteiger partial charge in [0.1, 0.15) is 5.75 Å². The van der Waals surface area contributed by atoms with Gasteiger partial charge in [0.2, 0.25) is 9.84 Å². The summed E-state index contributed by atoms with van der Waals surface area (Å²) in [6.45, 7) is 0. The molecule has 0 unspecified atom stereocenters. The Morgan fingerprint density at radius 2 is 1.51 bits per heavy atom. The number of thiophene rings is 1. The number of hydrogen-bond donors (Lipinski definition) is 0. The number of sulfone groups is 1. The zero-order chi connectivity index (χ0) is 24.1. The number of anilines is 1. The van der Waals surface area contributed by atoms with Crippen LogP contribution in [-0.2, 0) is 9.84 Å². The number of carbonyl (C=O) groups is 2. The summed E-state index contributed by atoms with van der Waals surface area (Å²) < 4.78 is 33.5. The molecule has 5 aromatic rings. The van der Waals surface area contributed by atoms with Crippen LogP contribution in [0.2, 0.25) is 0 Å². The van der Waals surface area contributed by atoms with E-state index in [0.717, 1.165) is 9.60 Å². The van der Waals surface area contributed by atoms with Crippen LogP contribution >= 0.6 is 11.3 Å². The van der Waals surface area contributed by atoms with Crippen molar-refractivity contribution in [2.75, 3.05) is 12.0 Å². The number of imide groups is 1. The van der Waals surface area contributed by atoms with Crippen LogP contribution in [0.15, 0.2) is 82.6 Å². The molecule has 1 aromatic heterocycles. The minimum atomic E-state index is -3.81. The van der Waals surface area contributed by atoms with Gasteiger partial charge in [-0.1, -0.05) is 36.4 Å². The quantitative estimate of drug-likeness (QED) is 0.288. The number of benzene rings is 4. The predicted octanol–water partition coefficient (Wildman–Crippen LogP) is 5.68. The molecule has 170 valence electrons. The lowest BCUT2D eigenvalue weighted by atomic mass is 9.93. The molecule has 0 saturated carbocycles. The van der Waals surface area contributed by atoms with Gasteiger partial charge in [-0.2, -0.15) is 0 Å². The summed E-state index contributed by atoms with van der Waals surface area (Å²) in [6, 6.07) is 20.7. The second-order valence-corrected chi connectivity index (χ2v) is 11.3. The van der Waals surface area contributed by atoms with Gasteiger partial charge in [-0.05, 0) is 36.4 Å². The molecule has 3 heterocycles. The molecule has 4 aromatic carbocycles. The second-order valence-electron chi connectivity index (χ2n) is 8.43. The smallest absolute Gasteiger partial charge is 0.265 e. The lowest BCUT2D eigenvalue weighted by Crippen LogP contribution is -2.40. The molecule has 7 rings (SSSR count). The van der Waals surface area contributed by atoms with Gasteiger partial charge in [0.15, 0.2) is 0 Å². The number of rotatable bonds is 2. The lowest BCUT2D eigenvalue weighted by Gasteiger charge is -2.28. The first-order valence-corrected chi connectivity index (χ1v) is 13.1. The van der Waals surface area contributed by atoms with Gasteiger partial charge in [0.25, 0.3) is 11.8 Å². The third kappa shape index (κ3) is 2.50. The van der Waals surface area contributed by atoms with Gasteiger partial charge in [-0.25, -0.2) is 13.3 Å². The molecule has 0 fully saturated rings. The normalized spacial score (nSPS) is 15.5. The molecule has 0 saturated heterocycles. The van der Waals surface area contributed by atoms with E-state index >= 15 is 0 Å². The SMILES string of the molecule is COc1ccc2c3c(cccc13)C(=O)N(c1ccc3c(c1)S(=O)(=O)c1c-3sc3ccccc13)C2=O. The molecule has 2 aliphatic rings. The van der Waals surface area contributed by atoms with Crippen LogP contribution in [0.1, 0.15) is 20.7 Å². The highest BCUT2D eigenvalue weighted by molar-refractivity contribution is 7.92. The maximum Gasteiger partial charge on any atom is 0.265 e. The van der Waals surface area contributed by atoms with E-state index in [1.54, 1.807) is 42.5 Å². The average molecular weight is 498 g/mol. The van der Waals surface area contributed by atoms with E-state index in [0.29, 0.717) is 48.4 Å². The molecule has 0 radical (unpaired) electrons. The standard InChI is InChI=1S/C27H15NO5S2/c1-33-20-12-11-19-23-15(20)6-4-7-18(23)26(29)28(27(19)30)14-9-10-17-22(13-14)35(31,32)25-16-5-2-3-8-21(16)34-24(17)25/h2-13H,1H3. The van der Waals surface area contributed by atoms with Gasteiger partial charge in [-0.3, -0.25) is 9.59 Å². The second kappa shape index (κ2) is 6.78. The molecular weight excluding hydrogens is 482 g/mol. The number of fused-ring (bicyclic) bond motifs is 5. The number of ether oxygens (including phenoxy) is 1. The first-order chi connectivity index (χ1) is 16.9. The number of nitrogens with zero attached hydrogens (tertiary/aromatic N) is 1. The summed E-state index contributed by atoms with van der Waals surface area (Å²) in [4.78, 5) is 29.2. The largest absolute Gasteiger partial charge is 0.496 e. The van der Waals surface area contributed by atoms with Crippen molar-refractivity contribution in [2.24, 2.45) is 0 Å². The molecule has 8 heteroatoms. The van der Waals surface area contributed by atoms with E-state index in [1.807, 2.05) is 24.3 Å². The molecular formula is C27H15NO5S2. The Bertz CT molecular complexity index is 1880. The van der Waals surface area contributed by atoms with Crippen LogP contribution in [-0.4, -0.2) is 27.3 Å². The van der Waals surface area contributed by atoms with E-state index in [4.69, 9.17) is 4.74 Å². The van der Waals surface area contributed by atoms with E-state index < -0.39 is 21.7 Å². The zero-order valence-corrected chi connectivity index (χ0v) is 19.9. The molecule has 2 amide bonds. The number of methoxy groups -OCH3 is 1. The van der Waals surface area contributed by atoms with Crippen molar-refractivity contribution in [1.82, 2.24) is 0 Å². The Morgan fingerprint density at radius 1 is 0.800 bits per heavy atom. The fourth-order valence-corrected chi connectivity index (χ4v) is 8.62. The van der Waals surface area contributed by atoms with E-state index in [1.165, 1.54) is 24.5 Å². The predicted molar refractivity (Wildman–Crippen MR) is 134 cm³/mol. The van der Waals surface area contributed by atoms with Gasteiger partial charge in [-0.15, -0.1) is 11.3 Å². The van der Waals surface area contributed by atoms with Crippen molar-refractivity contribution < 1.29 is 22.7 Å². The maximum atomic E-state index is 13.6. The molecule has 0 spiro atoms. The van der Waals surface area contributed by atoms with Crippen LogP contribution < -0.4 is 9.64 Å². The molecule has 0 bridgehead atoms. The third-order valence-corrected chi connectivity index (χ3v) is 9.88. The van der Waals surface area contributed by atoms with Crippen LogP contribution in [0, 0.1) is 0 Å². The molecule has 6 nitrogen and oxygen atoms in total. The van der Waals surface area contributed by atoms with Gasteiger partial charge < -0.3 is 4.74 Å². The minimum absolute atomic E-state index is 0.112. The van der Waals surface area contributed by atoms with Gasteiger partial charge in [0, 0.05) is 37.5 Å². The molecule has 35 heavy (non-hydrogen) atoms. The van der Waals surface area contributed by atoms with Crippen molar-refractivity contribution in [3.8, 4) is 16.2 Å². The average Bonchev–Trinajstić information content (AvgIpc) is 3.36. The summed E-state index contributed by atoms with van der Waals surface area (Å²) in [6.07, 6.45) is 0. The Morgan fingerprint density at radius 3 is 2.31 bits per heavy atom. The Hall–Kier alpha value is -4.01. The highest BCUT2D eigenvalue weighted by Gasteiger charge is 2.39. The highest BCUT2D eigenvalue weighted by Crippen LogP contribution is 2.52. The van der Waals surface area contributed by atoms with Crippen LogP contribution in [0.25, 0.3) is 31.3 Å². The van der Waals surface area contributed by atoms with Gasteiger partial charge in [0.05, 0.1) is 27.5 Å². The van der Waals surface area contributed by atoms with E-state index in [2.05, 4.69) is 0 Å². The lowest BCUT2D eigenvalue weighted by molar-refractivity contribution is 0.0893. The summed E-state index contributed by atoms with van der Waals surface area (Å²) in [5.74, 6) is -0.435. The summed E-state index contributed by atoms with van der Waals surface area (Å²) in [5.41, 5.74) is 1.54. The summed E-state index contributed by atoms with van der Waals surface area (Å²) in [7, 11) is -2.27. The Labute approximate surface area is 203 Å². The highest BCUT2D eigenvalue weighted by atomic mass is 32.2. The number of amides is 2. The summed E-state index contributed by atoms with van der Waals surface area (Å²) in [5, 5.41) is 1.90. The van der Waals surface area contributed by atoms with Crippen molar-refractivity contribution in [2.45, 2.75) is 9.79 Å². The molecule has 0 N–H and O–H groups in total. The van der Waals surface area contributed by atoms with E-state index in [-0.39, 0.29) is 10.6 Å². The minimum Gasteiger partial charge on any atom is -0.496 e. The monoisotopic (exact) mass is 497 g/mol. The molecule has 2 aliphatic heterocycles. The topological polar surface area (TPSA) is 80.8 Å². The van der Waals surface area contributed by atoms with Crippen LogP contribution in [0.3, 0.4) is 0 Å². The van der Waals surface area contributed by atoms with Gasteiger partial charge >= 0.3 is 0 Å².